The highest BCUT2D eigenvalue weighted by molar-refractivity contribution is 7.17. The first kappa shape index (κ1) is 15.1. The summed E-state index contributed by atoms with van der Waals surface area (Å²) < 4.78 is 5.46. The van der Waals surface area contributed by atoms with E-state index in [0.29, 0.717) is 5.41 Å². The monoisotopic (exact) mass is 347 g/mol. The Morgan fingerprint density at radius 2 is 1.92 bits per heavy atom. The van der Waals surface area contributed by atoms with E-state index < -0.39 is 0 Å². The Morgan fingerprint density at radius 1 is 1.21 bits per heavy atom. The van der Waals surface area contributed by atoms with Gasteiger partial charge in [-0.1, -0.05) is 17.8 Å². The fourth-order valence-corrected chi connectivity index (χ4v) is 5.99. The van der Waals surface area contributed by atoms with Crippen molar-refractivity contribution in [3.63, 3.8) is 0 Å². The molecule has 1 aromatic heterocycles. The third-order valence-corrected chi connectivity index (χ3v) is 7.64. The fraction of sp³-hybridized carbons (Fsp3) is 0.778. The number of carbonyl (C=O) groups excluding carboxylic acids is 1. The zero-order valence-electron chi connectivity index (χ0n) is 14.1. The van der Waals surface area contributed by atoms with Crippen molar-refractivity contribution in [1.82, 2.24) is 9.88 Å². The Balaban J connectivity index is 1.22. The smallest absolute Gasteiger partial charge is 0.265 e. The summed E-state index contributed by atoms with van der Waals surface area (Å²) in [6, 6.07) is 0. The Kier molecular flexibility index (Phi) is 3.59. The minimum Gasteiger partial charge on any atom is -0.381 e. The maximum atomic E-state index is 12.7. The number of anilines is 1. The van der Waals surface area contributed by atoms with E-state index in [4.69, 9.17) is 4.74 Å². The highest BCUT2D eigenvalue weighted by Crippen LogP contribution is 2.42. The van der Waals surface area contributed by atoms with Crippen molar-refractivity contribution < 1.29 is 9.53 Å². The van der Waals surface area contributed by atoms with Gasteiger partial charge in [0.15, 0.2) is 5.13 Å². The van der Waals surface area contributed by atoms with Crippen molar-refractivity contribution >= 4 is 22.4 Å². The standard InChI is InChI=1S/C18H25N3O2S/c22-16(21-11-18(12-21)4-6-23-7-5-18)15-8-19-17(24-15)20-9-13-2-1-3-14(13)10-20/h8,13-14H,1-7,9-12H2. The van der Waals surface area contributed by atoms with Gasteiger partial charge >= 0.3 is 0 Å². The third-order valence-electron chi connectivity index (χ3n) is 6.59. The maximum absolute atomic E-state index is 12.7. The molecule has 3 aliphatic heterocycles. The van der Waals surface area contributed by atoms with Gasteiger partial charge in [0.25, 0.3) is 5.91 Å². The Bertz CT molecular complexity index is 620. The maximum Gasteiger partial charge on any atom is 0.265 e. The molecule has 130 valence electrons. The molecule has 2 atom stereocenters. The highest BCUT2D eigenvalue weighted by atomic mass is 32.1. The Labute approximate surface area is 147 Å². The molecule has 1 aliphatic carbocycles. The molecule has 1 saturated carbocycles. The van der Waals surface area contributed by atoms with E-state index >= 15 is 0 Å². The molecule has 3 saturated heterocycles. The van der Waals surface area contributed by atoms with E-state index in [9.17, 15) is 4.79 Å². The van der Waals surface area contributed by atoms with Crippen LogP contribution < -0.4 is 4.90 Å². The summed E-state index contributed by atoms with van der Waals surface area (Å²) in [5.41, 5.74) is 0.341. The average molecular weight is 347 g/mol. The Hall–Kier alpha value is -1.14. The summed E-state index contributed by atoms with van der Waals surface area (Å²) in [5.74, 6) is 1.89. The first-order chi connectivity index (χ1) is 11.7. The minimum absolute atomic E-state index is 0.176. The first-order valence-corrected chi connectivity index (χ1v) is 10.1. The van der Waals surface area contributed by atoms with Gasteiger partial charge in [-0.25, -0.2) is 4.98 Å². The van der Waals surface area contributed by atoms with Crippen molar-refractivity contribution in [2.45, 2.75) is 32.1 Å². The van der Waals surface area contributed by atoms with Crippen LogP contribution in [0.3, 0.4) is 0 Å². The zero-order chi connectivity index (χ0) is 16.1. The van der Waals surface area contributed by atoms with E-state index in [2.05, 4.69) is 9.88 Å². The van der Waals surface area contributed by atoms with Crippen LogP contribution in [0.15, 0.2) is 6.20 Å². The van der Waals surface area contributed by atoms with E-state index in [-0.39, 0.29) is 5.91 Å². The molecule has 0 bridgehead atoms. The number of nitrogens with zero attached hydrogens (tertiary/aromatic N) is 3. The molecule has 1 amide bonds. The molecule has 24 heavy (non-hydrogen) atoms. The predicted octanol–water partition coefficient (Wildman–Crippen LogP) is 2.63. The second kappa shape index (κ2) is 5.70. The number of ether oxygens (including phenoxy) is 1. The van der Waals surface area contributed by atoms with Crippen LogP contribution in [-0.4, -0.2) is 55.2 Å². The van der Waals surface area contributed by atoms with Crippen LogP contribution in [0.1, 0.15) is 41.8 Å². The molecule has 4 aliphatic rings. The second-order valence-corrected chi connectivity index (χ2v) is 9.15. The summed E-state index contributed by atoms with van der Waals surface area (Å²) in [6.07, 6.45) is 8.14. The summed E-state index contributed by atoms with van der Waals surface area (Å²) in [6.45, 7) is 5.78. The number of carbonyl (C=O) groups is 1. The third kappa shape index (κ3) is 2.46. The number of aromatic nitrogens is 1. The molecule has 1 aromatic rings. The number of rotatable bonds is 2. The predicted molar refractivity (Wildman–Crippen MR) is 93.5 cm³/mol. The SMILES string of the molecule is O=C(c1cnc(N2CC3CCCC3C2)s1)N1CC2(CCOCC2)C1. The molecular formula is C18H25N3O2S. The average Bonchev–Trinajstić information content (AvgIpc) is 3.27. The number of likely N-dealkylation sites (tertiary alicyclic amines) is 1. The number of fused-ring (bicyclic) bond motifs is 1. The number of hydrogen-bond donors (Lipinski definition) is 0. The molecule has 5 rings (SSSR count). The number of thiazole rings is 1. The van der Waals surface area contributed by atoms with Gasteiger partial charge < -0.3 is 14.5 Å². The lowest BCUT2D eigenvalue weighted by Gasteiger charge is -2.52. The molecule has 4 fully saturated rings. The summed E-state index contributed by atoms with van der Waals surface area (Å²) in [4.78, 5) is 22.5. The minimum atomic E-state index is 0.176. The molecule has 0 aromatic carbocycles. The summed E-state index contributed by atoms with van der Waals surface area (Å²) in [7, 11) is 0. The van der Waals surface area contributed by atoms with Gasteiger partial charge in [0.05, 0.1) is 6.20 Å². The van der Waals surface area contributed by atoms with Crippen LogP contribution in [0.2, 0.25) is 0 Å². The molecule has 1 spiro atoms. The van der Waals surface area contributed by atoms with Crippen LogP contribution in [-0.2, 0) is 4.74 Å². The molecule has 6 heteroatoms. The van der Waals surface area contributed by atoms with Crippen molar-refractivity contribution in [2.75, 3.05) is 44.3 Å². The van der Waals surface area contributed by atoms with E-state index in [1.165, 1.54) is 19.3 Å². The molecule has 4 heterocycles. The van der Waals surface area contributed by atoms with Gasteiger partial charge in [-0.3, -0.25) is 4.79 Å². The second-order valence-electron chi connectivity index (χ2n) is 8.14. The van der Waals surface area contributed by atoms with Crippen LogP contribution in [0.4, 0.5) is 5.13 Å². The van der Waals surface area contributed by atoms with Crippen LogP contribution in [0.25, 0.3) is 0 Å². The number of amides is 1. The van der Waals surface area contributed by atoms with Crippen LogP contribution in [0, 0.1) is 17.3 Å². The molecule has 2 unspecified atom stereocenters. The lowest BCUT2D eigenvalue weighted by Crippen LogP contribution is -2.60. The van der Waals surface area contributed by atoms with Crippen molar-refractivity contribution in [2.24, 2.45) is 17.3 Å². The van der Waals surface area contributed by atoms with Gasteiger partial charge in [-0.15, -0.1) is 0 Å². The van der Waals surface area contributed by atoms with Gasteiger partial charge in [0.1, 0.15) is 4.88 Å². The highest BCUT2D eigenvalue weighted by Gasteiger charge is 2.46. The Morgan fingerprint density at radius 3 is 2.62 bits per heavy atom. The van der Waals surface area contributed by atoms with Crippen molar-refractivity contribution in [3.8, 4) is 0 Å². The van der Waals surface area contributed by atoms with Gasteiger partial charge in [-0.2, -0.15) is 0 Å². The molecule has 5 nitrogen and oxygen atoms in total. The quantitative estimate of drug-likeness (QED) is 0.825. The van der Waals surface area contributed by atoms with Crippen molar-refractivity contribution in [3.05, 3.63) is 11.1 Å². The lowest BCUT2D eigenvalue weighted by atomic mass is 9.73. The number of hydrogen-bond acceptors (Lipinski definition) is 5. The van der Waals surface area contributed by atoms with E-state index in [1.807, 2.05) is 4.90 Å². The zero-order valence-corrected chi connectivity index (χ0v) is 14.9. The van der Waals surface area contributed by atoms with E-state index in [0.717, 1.165) is 74.1 Å². The normalized spacial score (nSPS) is 31.3. The van der Waals surface area contributed by atoms with Crippen molar-refractivity contribution in [1.29, 1.82) is 0 Å². The fourth-order valence-electron chi connectivity index (χ4n) is 5.08. The van der Waals surface area contributed by atoms with Crippen LogP contribution >= 0.6 is 11.3 Å². The van der Waals surface area contributed by atoms with Gasteiger partial charge in [0.2, 0.25) is 0 Å². The molecular weight excluding hydrogens is 322 g/mol. The van der Waals surface area contributed by atoms with E-state index in [1.54, 1.807) is 17.5 Å². The first-order valence-electron chi connectivity index (χ1n) is 9.30. The summed E-state index contributed by atoms with van der Waals surface area (Å²) in [5, 5.41) is 1.05. The largest absolute Gasteiger partial charge is 0.381 e. The molecule has 0 radical (unpaired) electrons. The lowest BCUT2D eigenvalue weighted by molar-refractivity contribution is -0.0665. The topological polar surface area (TPSA) is 45.7 Å². The summed E-state index contributed by atoms with van der Waals surface area (Å²) >= 11 is 1.59. The molecule has 0 N–H and O–H groups in total. The van der Waals surface area contributed by atoms with Gasteiger partial charge in [0, 0.05) is 44.8 Å². The van der Waals surface area contributed by atoms with Crippen LogP contribution in [0.5, 0.6) is 0 Å². The van der Waals surface area contributed by atoms with Gasteiger partial charge in [-0.05, 0) is 37.5 Å².